The van der Waals surface area contributed by atoms with Gasteiger partial charge in [-0.05, 0) is 19.9 Å². The molecular formula is C15H17N3O. The number of para-hydroxylation sites is 1. The van der Waals surface area contributed by atoms with Gasteiger partial charge in [-0.15, -0.1) is 0 Å². The number of nitrogens with zero attached hydrogens (tertiary/aromatic N) is 2. The van der Waals surface area contributed by atoms with E-state index in [1.54, 1.807) is 12.4 Å². The first-order chi connectivity index (χ1) is 9.33. The van der Waals surface area contributed by atoms with Crippen molar-refractivity contribution in [3.63, 3.8) is 0 Å². The van der Waals surface area contributed by atoms with E-state index in [2.05, 4.69) is 15.3 Å². The maximum absolute atomic E-state index is 5.78. The zero-order chi connectivity index (χ0) is 13.5. The second-order valence-electron chi connectivity index (χ2n) is 3.91. The third-order valence-corrected chi connectivity index (χ3v) is 2.45. The molecule has 0 aliphatic rings. The Kier molecular flexibility index (Phi) is 4.50. The Morgan fingerprint density at radius 3 is 2.89 bits per heavy atom. The van der Waals surface area contributed by atoms with Crippen molar-refractivity contribution in [3.8, 4) is 11.6 Å². The molecule has 1 N–H and O–H groups in total. The van der Waals surface area contributed by atoms with Crippen molar-refractivity contribution in [2.75, 3.05) is 11.9 Å². The maximum Gasteiger partial charge on any atom is 0.239 e. The number of anilines is 1. The summed E-state index contributed by atoms with van der Waals surface area (Å²) in [7, 11) is 0. The standard InChI is InChI=1S/C15H17N3O/c1-3-7-12-8-5-6-9-13(12)19-15-11-16-10-14(18-15)17-4-2/h3,5-11H,4H2,1-2H3,(H,17,18)/b7-3+. The average molecular weight is 255 g/mol. The Labute approximate surface area is 113 Å². The molecule has 1 aromatic carbocycles. The number of allylic oxidation sites excluding steroid dienone is 1. The van der Waals surface area contributed by atoms with Crippen LogP contribution in [0.3, 0.4) is 0 Å². The number of benzene rings is 1. The molecule has 0 fully saturated rings. The summed E-state index contributed by atoms with van der Waals surface area (Å²) in [6.07, 6.45) is 7.25. The molecule has 19 heavy (non-hydrogen) atoms. The van der Waals surface area contributed by atoms with Crippen molar-refractivity contribution >= 4 is 11.9 Å². The van der Waals surface area contributed by atoms with E-state index in [0.717, 1.165) is 17.9 Å². The van der Waals surface area contributed by atoms with Crippen molar-refractivity contribution in [1.29, 1.82) is 0 Å². The topological polar surface area (TPSA) is 47.0 Å². The fraction of sp³-hybridized carbons (Fsp3) is 0.200. The van der Waals surface area contributed by atoms with Crippen LogP contribution in [0.2, 0.25) is 0 Å². The largest absolute Gasteiger partial charge is 0.437 e. The lowest BCUT2D eigenvalue weighted by atomic mass is 10.2. The van der Waals surface area contributed by atoms with E-state index < -0.39 is 0 Å². The second kappa shape index (κ2) is 6.54. The molecule has 2 rings (SSSR count). The van der Waals surface area contributed by atoms with Crippen molar-refractivity contribution in [3.05, 3.63) is 48.3 Å². The fourth-order valence-electron chi connectivity index (χ4n) is 1.67. The van der Waals surface area contributed by atoms with Gasteiger partial charge in [-0.25, -0.2) is 0 Å². The molecular weight excluding hydrogens is 238 g/mol. The summed E-state index contributed by atoms with van der Waals surface area (Å²) in [4.78, 5) is 8.45. The lowest BCUT2D eigenvalue weighted by Crippen LogP contribution is -2.01. The number of hydrogen-bond donors (Lipinski definition) is 1. The summed E-state index contributed by atoms with van der Waals surface area (Å²) in [5.74, 6) is 1.96. The molecule has 0 radical (unpaired) electrons. The van der Waals surface area contributed by atoms with Crippen LogP contribution in [-0.2, 0) is 0 Å². The van der Waals surface area contributed by atoms with Crippen molar-refractivity contribution in [2.45, 2.75) is 13.8 Å². The number of nitrogens with one attached hydrogen (secondary N) is 1. The van der Waals surface area contributed by atoms with Gasteiger partial charge in [-0.1, -0.05) is 30.4 Å². The molecule has 0 unspecified atom stereocenters. The maximum atomic E-state index is 5.78. The molecule has 4 nitrogen and oxygen atoms in total. The van der Waals surface area contributed by atoms with E-state index in [1.807, 2.05) is 50.3 Å². The minimum absolute atomic E-state index is 0.482. The molecule has 1 heterocycles. The monoisotopic (exact) mass is 255 g/mol. The summed E-state index contributed by atoms with van der Waals surface area (Å²) >= 11 is 0. The fourth-order valence-corrected chi connectivity index (χ4v) is 1.67. The lowest BCUT2D eigenvalue weighted by Gasteiger charge is -2.08. The summed E-state index contributed by atoms with van der Waals surface area (Å²) in [6, 6.07) is 7.82. The van der Waals surface area contributed by atoms with Gasteiger partial charge in [0.25, 0.3) is 0 Å². The number of rotatable bonds is 5. The Morgan fingerprint density at radius 1 is 1.26 bits per heavy atom. The molecule has 0 amide bonds. The van der Waals surface area contributed by atoms with Gasteiger partial charge < -0.3 is 10.1 Å². The Hall–Kier alpha value is -2.36. The molecule has 98 valence electrons. The summed E-state index contributed by atoms with van der Waals surface area (Å²) < 4.78 is 5.78. The molecule has 0 aliphatic carbocycles. The van der Waals surface area contributed by atoms with Crippen molar-refractivity contribution in [2.24, 2.45) is 0 Å². The highest BCUT2D eigenvalue weighted by atomic mass is 16.5. The number of hydrogen-bond acceptors (Lipinski definition) is 4. The van der Waals surface area contributed by atoms with E-state index in [1.165, 1.54) is 0 Å². The highest BCUT2D eigenvalue weighted by molar-refractivity contribution is 5.57. The van der Waals surface area contributed by atoms with Crippen LogP contribution in [0.1, 0.15) is 19.4 Å². The molecule has 0 saturated carbocycles. The van der Waals surface area contributed by atoms with Gasteiger partial charge in [0, 0.05) is 12.1 Å². The molecule has 0 spiro atoms. The molecule has 4 heteroatoms. The predicted molar refractivity (Wildman–Crippen MR) is 77.4 cm³/mol. The van der Waals surface area contributed by atoms with Gasteiger partial charge >= 0.3 is 0 Å². The SMILES string of the molecule is C/C=C/c1ccccc1Oc1cncc(NCC)n1. The summed E-state index contributed by atoms with van der Waals surface area (Å²) in [6.45, 7) is 4.78. The predicted octanol–water partition coefficient (Wildman–Crippen LogP) is 3.73. The number of ether oxygens (including phenoxy) is 1. The van der Waals surface area contributed by atoms with Crippen LogP contribution in [0, 0.1) is 0 Å². The van der Waals surface area contributed by atoms with Gasteiger partial charge in [0.2, 0.25) is 5.88 Å². The summed E-state index contributed by atoms with van der Waals surface area (Å²) in [5.41, 5.74) is 1.01. The Bertz CT molecular complexity index is 567. The minimum Gasteiger partial charge on any atom is -0.437 e. The van der Waals surface area contributed by atoms with Crippen LogP contribution in [0.15, 0.2) is 42.7 Å². The average Bonchev–Trinajstić information content (AvgIpc) is 2.42. The molecule has 0 saturated heterocycles. The first-order valence-corrected chi connectivity index (χ1v) is 6.29. The van der Waals surface area contributed by atoms with E-state index in [4.69, 9.17) is 4.74 Å². The van der Waals surface area contributed by atoms with Crippen LogP contribution in [0.4, 0.5) is 5.82 Å². The van der Waals surface area contributed by atoms with Crippen LogP contribution >= 0.6 is 0 Å². The first-order valence-electron chi connectivity index (χ1n) is 6.29. The minimum atomic E-state index is 0.482. The van der Waals surface area contributed by atoms with Crippen LogP contribution in [-0.4, -0.2) is 16.5 Å². The van der Waals surface area contributed by atoms with Crippen LogP contribution < -0.4 is 10.1 Å². The van der Waals surface area contributed by atoms with E-state index in [-0.39, 0.29) is 0 Å². The van der Waals surface area contributed by atoms with Gasteiger partial charge in [-0.2, -0.15) is 4.98 Å². The quantitative estimate of drug-likeness (QED) is 0.884. The zero-order valence-electron chi connectivity index (χ0n) is 11.1. The van der Waals surface area contributed by atoms with E-state index in [0.29, 0.717) is 11.7 Å². The van der Waals surface area contributed by atoms with Gasteiger partial charge in [0.15, 0.2) is 0 Å². The van der Waals surface area contributed by atoms with Crippen molar-refractivity contribution in [1.82, 2.24) is 9.97 Å². The molecule has 2 aromatic rings. The molecule has 0 atom stereocenters. The van der Waals surface area contributed by atoms with Gasteiger partial charge in [0.1, 0.15) is 11.6 Å². The van der Waals surface area contributed by atoms with Gasteiger partial charge in [0.05, 0.1) is 12.4 Å². The Morgan fingerprint density at radius 2 is 2.11 bits per heavy atom. The highest BCUT2D eigenvalue weighted by Crippen LogP contribution is 2.25. The van der Waals surface area contributed by atoms with Crippen molar-refractivity contribution < 1.29 is 4.74 Å². The highest BCUT2D eigenvalue weighted by Gasteiger charge is 2.04. The first kappa shape index (κ1) is 13.1. The molecule has 0 aliphatic heterocycles. The second-order valence-corrected chi connectivity index (χ2v) is 3.91. The van der Waals surface area contributed by atoms with Crippen LogP contribution in [0.25, 0.3) is 6.08 Å². The lowest BCUT2D eigenvalue weighted by molar-refractivity contribution is 0.460. The zero-order valence-corrected chi connectivity index (χ0v) is 11.1. The van der Waals surface area contributed by atoms with E-state index in [9.17, 15) is 0 Å². The Balaban J connectivity index is 2.23. The summed E-state index contributed by atoms with van der Waals surface area (Å²) in [5, 5.41) is 3.11. The third kappa shape index (κ3) is 3.55. The number of aromatic nitrogens is 2. The third-order valence-electron chi connectivity index (χ3n) is 2.45. The molecule has 1 aromatic heterocycles. The molecule has 0 bridgehead atoms. The van der Waals surface area contributed by atoms with E-state index >= 15 is 0 Å². The van der Waals surface area contributed by atoms with Crippen LogP contribution in [0.5, 0.6) is 11.6 Å². The normalized spacial score (nSPS) is 10.6. The van der Waals surface area contributed by atoms with Gasteiger partial charge in [-0.3, -0.25) is 4.98 Å². The smallest absolute Gasteiger partial charge is 0.239 e.